The zero-order valence-electron chi connectivity index (χ0n) is 11.9. The van der Waals surface area contributed by atoms with E-state index in [1.807, 2.05) is 0 Å². The Morgan fingerprint density at radius 1 is 1.21 bits per heavy atom. The van der Waals surface area contributed by atoms with Crippen molar-refractivity contribution in [3.63, 3.8) is 0 Å². The van der Waals surface area contributed by atoms with Gasteiger partial charge in [0.15, 0.2) is 5.79 Å². The van der Waals surface area contributed by atoms with E-state index in [1.165, 1.54) is 17.5 Å². The van der Waals surface area contributed by atoms with Crippen LogP contribution >= 0.6 is 0 Å². The van der Waals surface area contributed by atoms with Gasteiger partial charge in [0, 0.05) is 18.5 Å². The lowest BCUT2D eigenvalue weighted by Gasteiger charge is -2.31. The molecule has 0 bridgehead atoms. The Hall–Kier alpha value is -0.900. The summed E-state index contributed by atoms with van der Waals surface area (Å²) in [5.41, 5.74) is 2.65. The molecule has 1 heterocycles. The summed E-state index contributed by atoms with van der Waals surface area (Å²) in [6.07, 6.45) is 3.31. The van der Waals surface area contributed by atoms with Crippen LogP contribution in [-0.2, 0) is 21.7 Å². The van der Waals surface area contributed by atoms with Crippen LogP contribution in [0.1, 0.15) is 24.0 Å². The summed E-state index contributed by atoms with van der Waals surface area (Å²) in [6.45, 7) is 2.52. The molecule has 0 radical (unpaired) electrons. The van der Waals surface area contributed by atoms with Crippen molar-refractivity contribution in [2.75, 3.05) is 33.9 Å². The van der Waals surface area contributed by atoms with E-state index in [0.29, 0.717) is 19.1 Å². The fourth-order valence-electron chi connectivity index (χ4n) is 3.46. The van der Waals surface area contributed by atoms with Crippen molar-refractivity contribution in [2.45, 2.75) is 25.0 Å². The minimum atomic E-state index is -0.478. The normalized spacial score (nSPS) is 25.5. The monoisotopic (exact) mass is 261 g/mol. The third-order valence-corrected chi connectivity index (χ3v) is 4.18. The van der Waals surface area contributed by atoms with Crippen molar-refractivity contribution in [2.24, 2.45) is 5.92 Å². The number of aryl methyl sites for hydroxylation is 1. The van der Waals surface area contributed by atoms with Gasteiger partial charge >= 0.3 is 0 Å². The van der Waals surface area contributed by atoms with Gasteiger partial charge in [-0.25, -0.2) is 0 Å². The van der Waals surface area contributed by atoms with Crippen molar-refractivity contribution < 1.29 is 9.47 Å². The highest BCUT2D eigenvalue weighted by molar-refractivity contribution is 5.33. The van der Waals surface area contributed by atoms with Gasteiger partial charge in [-0.15, -0.1) is 0 Å². The van der Waals surface area contributed by atoms with E-state index in [4.69, 9.17) is 9.47 Å². The molecule has 2 aliphatic rings. The third-order valence-electron chi connectivity index (χ3n) is 4.18. The summed E-state index contributed by atoms with van der Waals surface area (Å²) in [7, 11) is 4.28. The minimum Gasteiger partial charge on any atom is -0.343 e. The maximum Gasteiger partial charge on any atom is 0.195 e. The zero-order valence-corrected chi connectivity index (χ0v) is 11.9. The Kier molecular flexibility index (Phi) is 3.61. The Labute approximate surface area is 115 Å². The lowest BCUT2D eigenvalue weighted by atomic mass is 9.94. The van der Waals surface area contributed by atoms with Crippen LogP contribution in [-0.4, -0.2) is 38.8 Å². The Balaban J connectivity index is 1.93. The topological polar surface area (TPSA) is 21.7 Å². The summed E-state index contributed by atoms with van der Waals surface area (Å²) < 4.78 is 12.1. The first-order chi connectivity index (χ1) is 9.20. The van der Waals surface area contributed by atoms with Crippen LogP contribution in [0.15, 0.2) is 24.3 Å². The SMILES string of the molecule is CN(C)CC1CCc2ccccc2C2(C1)OCCO2. The molecule has 1 unspecified atom stereocenters. The molecule has 0 N–H and O–H groups in total. The summed E-state index contributed by atoms with van der Waals surface area (Å²) in [5, 5.41) is 0. The molecule has 0 amide bonds. The molecule has 0 saturated carbocycles. The smallest absolute Gasteiger partial charge is 0.195 e. The molecule has 1 spiro atoms. The van der Waals surface area contributed by atoms with Gasteiger partial charge in [0.2, 0.25) is 0 Å². The van der Waals surface area contributed by atoms with E-state index in [0.717, 1.165) is 19.4 Å². The van der Waals surface area contributed by atoms with Crippen LogP contribution in [0.2, 0.25) is 0 Å². The number of benzene rings is 1. The van der Waals surface area contributed by atoms with Gasteiger partial charge in [-0.2, -0.15) is 0 Å². The molecule has 0 aromatic heterocycles. The molecular formula is C16H23NO2. The Morgan fingerprint density at radius 2 is 1.95 bits per heavy atom. The zero-order chi connectivity index (χ0) is 13.3. The van der Waals surface area contributed by atoms with E-state index in [2.05, 4.69) is 43.3 Å². The van der Waals surface area contributed by atoms with Gasteiger partial charge in [-0.1, -0.05) is 24.3 Å². The van der Waals surface area contributed by atoms with E-state index in [-0.39, 0.29) is 0 Å². The molecule has 3 rings (SSSR count). The molecule has 1 atom stereocenters. The second-order valence-electron chi connectivity index (χ2n) is 5.98. The molecular weight excluding hydrogens is 238 g/mol. The fourth-order valence-corrected chi connectivity index (χ4v) is 3.46. The Bertz CT molecular complexity index is 438. The maximum atomic E-state index is 6.06. The molecule has 1 aliphatic carbocycles. The van der Waals surface area contributed by atoms with Gasteiger partial charge in [0.25, 0.3) is 0 Å². The van der Waals surface area contributed by atoms with Crippen LogP contribution in [0.5, 0.6) is 0 Å². The third kappa shape index (κ3) is 2.55. The lowest BCUT2D eigenvalue weighted by Crippen LogP contribution is -2.32. The largest absolute Gasteiger partial charge is 0.343 e. The average Bonchev–Trinajstić information content (AvgIpc) is 2.79. The van der Waals surface area contributed by atoms with Crippen molar-refractivity contribution in [3.05, 3.63) is 35.4 Å². The van der Waals surface area contributed by atoms with Crippen LogP contribution in [0.25, 0.3) is 0 Å². The van der Waals surface area contributed by atoms with E-state index < -0.39 is 5.79 Å². The van der Waals surface area contributed by atoms with Gasteiger partial charge in [0.05, 0.1) is 13.2 Å². The van der Waals surface area contributed by atoms with Crippen molar-refractivity contribution in [3.8, 4) is 0 Å². The lowest BCUT2D eigenvalue weighted by molar-refractivity contribution is -0.178. The molecule has 1 aromatic carbocycles. The molecule has 19 heavy (non-hydrogen) atoms. The quantitative estimate of drug-likeness (QED) is 0.816. The van der Waals surface area contributed by atoms with Crippen LogP contribution in [0.4, 0.5) is 0 Å². The molecule has 3 nitrogen and oxygen atoms in total. The molecule has 1 aliphatic heterocycles. The van der Waals surface area contributed by atoms with Crippen molar-refractivity contribution >= 4 is 0 Å². The number of fused-ring (bicyclic) bond motifs is 2. The first-order valence-electron chi connectivity index (χ1n) is 7.21. The maximum absolute atomic E-state index is 6.06. The average molecular weight is 261 g/mol. The summed E-state index contributed by atoms with van der Waals surface area (Å²) in [4.78, 5) is 2.27. The van der Waals surface area contributed by atoms with E-state index in [9.17, 15) is 0 Å². The summed E-state index contributed by atoms with van der Waals surface area (Å²) >= 11 is 0. The first-order valence-corrected chi connectivity index (χ1v) is 7.21. The summed E-state index contributed by atoms with van der Waals surface area (Å²) in [5.74, 6) is 0.147. The second kappa shape index (κ2) is 5.23. The Morgan fingerprint density at radius 3 is 2.68 bits per heavy atom. The van der Waals surface area contributed by atoms with Gasteiger partial charge in [-0.05, 0) is 38.4 Å². The van der Waals surface area contributed by atoms with Crippen LogP contribution in [0.3, 0.4) is 0 Å². The molecule has 1 aromatic rings. The molecule has 3 heteroatoms. The number of rotatable bonds is 2. The second-order valence-corrected chi connectivity index (χ2v) is 5.98. The fraction of sp³-hybridized carbons (Fsp3) is 0.625. The first kappa shape index (κ1) is 13.1. The highest BCUT2D eigenvalue weighted by atomic mass is 16.7. The highest BCUT2D eigenvalue weighted by Crippen LogP contribution is 2.43. The van der Waals surface area contributed by atoms with Gasteiger partial charge in [-0.3, -0.25) is 0 Å². The predicted molar refractivity (Wildman–Crippen MR) is 75.0 cm³/mol. The molecule has 1 fully saturated rings. The predicted octanol–water partition coefficient (Wildman–Crippen LogP) is 2.40. The van der Waals surface area contributed by atoms with E-state index in [1.54, 1.807) is 0 Å². The number of nitrogens with zero attached hydrogens (tertiary/aromatic N) is 1. The summed E-state index contributed by atoms with van der Waals surface area (Å²) in [6, 6.07) is 8.62. The van der Waals surface area contributed by atoms with Crippen LogP contribution in [0, 0.1) is 5.92 Å². The van der Waals surface area contributed by atoms with Gasteiger partial charge < -0.3 is 14.4 Å². The highest BCUT2D eigenvalue weighted by Gasteiger charge is 2.43. The number of ether oxygens (including phenoxy) is 2. The number of hydrogen-bond donors (Lipinski definition) is 0. The number of hydrogen-bond acceptors (Lipinski definition) is 3. The standard InChI is InChI=1S/C16H23NO2/c1-17(2)12-13-7-8-14-5-3-4-6-15(14)16(11-13)18-9-10-19-16/h3-6,13H,7-12H2,1-2H3. The van der Waals surface area contributed by atoms with E-state index >= 15 is 0 Å². The van der Waals surface area contributed by atoms with Crippen molar-refractivity contribution in [1.29, 1.82) is 0 Å². The molecule has 104 valence electrons. The minimum absolute atomic E-state index is 0.478. The van der Waals surface area contributed by atoms with Crippen LogP contribution < -0.4 is 0 Å². The van der Waals surface area contributed by atoms with Gasteiger partial charge in [0.1, 0.15) is 0 Å². The molecule has 1 saturated heterocycles. The van der Waals surface area contributed by atoms with Crippen molar-refractivity contribution in [1.82, 2.24) is 4.90 Å².